The molecule has 1 fully saturated rings. The van der Waals surface area contributed by atoms with Crippen LogP contribution in [0.25, 0.3) is 0 Å². The molecule has 0 saturated carbocycles. The minimum absolute atomic E-state index is 0.0890. The zero-order chi connectivity index (χ0) is 24.7. The molecule has 0 radical (unpaired) electrons. The van der Waals surface area contributed by atoms with Crippen LogP contribution in [0.4, 0.5) is 10.5 Å². The third kappa shape index (κ3) is 6.53. The normalized spacial score (nSPS) is 15.6. The van der Waals surface area contributed by atoms with Gasteiger partial charge in [0.05, 0.1) is 6.10 Å². The molecule has 1 aliphatic rings. The number of hydrogen-bond acceptors (Lipinski definition) is 6. The minimum atomic E-state index is -0.607. The molecule has 2 aromatic rings. The number of Topliss-reactive ketones (excluding diaryl/α,β-unsaturated/α-hetero) is 1. The molecule has 1 aromatic carbocycles. The van der Waals surface area contributed by atoms with Crippen LogP contribution >= 0.6 is 11.3 Å². The summed E-state index contributed by atoms with van der Waals surface area (Å²) in [6.07, 6.45) is 5.14. The van der Waals surface area contributed by atoms with Crippen LogP contribution in [0.1, 0.15) is 84.2 Å². The van der Waals surface area contributed by atoms with Crippen molar-refractivity contribution in [1.82, 2.24) is 5.32 Å². The molecule has 0 aliphatic carbocycles. The quantitative estimate of drug-likeness (QED) is 0.185. The Bertz CT molecular complexity index is 1030. The Morgan fingerprint density at radius 3 is 2.47 bits per heavy atom. The Morgan fingerprint density at radius 2 is 1.79 bits per heavy atom. The number of urea groups is 1. The first kappa shape index (κ1) is 25.6. The van der Waals surface area contributed by atoms with Crippen molar-refractivity contribution < 1.29 is 23.9 Å². The maximum absolute atomic E-state index is 12.5. The van der Waals surface area contributed by atoms with Gasteiger partial charge in [0.15, 0.2) is 5.78 Å². The first-order chi connectivity index (χ1) is 16.3. The van der Waals surface area contributed by atoms with Crippen molar-refractivity contribution in [2.75, 3.05) is 4.90 Å². The molecule has 34 heavy (non-hydrogen) atoms. The van der Waals surface area contributed by atoms with Crippen LogP contribution in [0.5, 0.6) is 0 Å². The molecule has 1 saturated heterocycles. The Morgan fingerprint density at radius 1 is 1.06 bits per heavy atom. The molecule has 3 amide bonds. The Balaban J connectivity index is 1.59. The fraction of sp³-hybridized carbons (Fsp3) is 0.462. The number of esters is 1. The van der Waals surface area contributed by atoms with E-state index in [9.17, 15) is 19.2 Å². The third-order valence-electron chi connectivity index (χ3n) is 5.64. The number of carbonyl (C=O) groups is 4. The molecule has 8 heteroatoms. The summed E-state index contributed by atoms with van der Waals surface area (Å²) in [5.41, 5.74) is 1.21. The fourth-order valence-corrected chi connectivity index (χ4v) is 4.85. The number of ether oxygens (including phenoxy) is 1. The van der Waals surface area contributed by atoms with Crippen LogP contribution in [0.15, 0.2) is 36.4 Å². The van der Waals surface area contributed by atoms with E-state index in [2.05, 4.69) is 12.2 Å². The summed E-state index contributed by atoms with van der Waals surface area (Å²) >= 11 is 1.39. The van der Waals surface area contributed by atoms with Gasteiger partial charge in [0.1, 0.15) is 10.9 Å². The molecule has 3 rings (SSSR count). The predicted octanol–water partition coefficient (Wildman–Crippen LogP) is 5.52. The van der Waals surface area contributed by atoms with Gasteiger partial charge < -0.3 is 4.74 Å². The van der Waals surface area contributed by atoms with Gasteiger partial charge in [0.2, 0.25) is 0 Å². The smallest absolute Gasteiger partial charge is 0.348 e. The van der Waals surface area contributed by atoms with Gasteiger partial charge in [-0.3, -0.25) is 19.8 Å². The van der Waals surface area contributed by atoms with Gasteiger partial charge in [-0.25, -0.2) is 9.59 Å². The molecule has 1 aliphatic heterocycles. The molecule has 7 nitrogen and oxygen atoms in total. The van der Waals surface area contributed by atoms with Crippen LogP contribution in [-0.4, -0.2) is 35.8 Å². The van der Waals surface area contributed by atoms with Crippen molar-refractivity contribution in [3.63, 3.8) is 0 Å². The summed E-state index contributed by atoms with van der Waals surface area (Å²) in [4.78, 5) is 52.3. The monoisotopic (exact) mass is 484 g/mol. The number of aryl methyl sites for hydroxylation is 1. The van der Waals surface area contributed by atoms with E-state index in [1.807, 2.05) is 19.9 Å². The van der Waals surface area contributed by atoms with E-state index in [1.165, 1.54) is 16.2 Å². The number of hydrogen-bond donors (Lipinski definition) is 1. The molecule has 0 spiro atoms. The Kier molecular flexibility index (Phi) is 8.98. The number of carbonyl (C=O) groups excluding carboxylic acids is 4. The van der Waals surface area contributed by atoms with Gasteiger partial charge in [0, 0.05) is 22.5 Å². The highest BCUT2D eigenvalue weighted by molar-refractivity contribution is 7.13. The molecule has 1 atom stereocenters. The van der Waals surface area contributed by atoms with Crippen LogP contribution in [0, 0.1) is 0 Å². The van der Waals surface area contributed by atoms with Gasteiger partial charge in [-0.1, -0.05) is 19.8 Å². The maximum atomic E-state index is 12.5. The van der Waals surface area contributed by atoms with Crippen LogP contribution in [0.3, 0.4) is 0 Å². The fourth-order valence-electron chi connectivity index (χ4n) is 3.92. The van der Waals surface area contributed by atoms with E-state index in [1.54, 1.807) is 30.3 Å². The van der Waals surface area contributed by atoms with E-state index < -0.39 is 12.1 Å². The Labute approximate surface area is 204 Å². The highest BCUT2D eigenvalue weighted by Gasteiger charge is 2.38. The first-order valence-corrected chi connectivity index (χ1v) is 12.7. The number of benzene rings is 1. The number of ketones is 1. The summed E-state index contributed by atoms with van der Waals surface area (Å²) in [5, 5.41) is 2.40. The number of nitrogens with one attached hydrogen (secondary N) is 1. The van der Waals surface area contributed by atoms with Crippen molar-refractivity contribution in [2.24, 2.45) is 0 Å². The van der Waals surface area contributed by atoms with Crippen LogP contribution < -0.4 is 10.2 Å². The van der Waals surface area contributed by atoms with E-state index in [0.29, 0.717) is 41.8 Å². The molecular formula is C26H32N2O5S. The van der Waals surface area contributed by atoms with Gasteiger partial charge >= 0.3 is 12.0 Å². The molecule has 2 heterocycles. The summed E-state index contributed by atoms with van der Waals surface area (Å²) in [5.74, 6) is -0.561. The standard InChI is InChI=1S/C26H32N2O5S/c1-4-5-6-10-22(29)18-11-13-19(14-12-18)28-21(24(30)27-26(28)32)9-7-8-20-15-16-23(34-20)25(31)33-17(2)3/h11-17,21H,4-10H2,1-3H3,(H,27,30,32). The molecule has 182 valence electrons. The number of imide groups is 1. The summed E-state index contributed by atoms with van der Waals surface area (Å²) in [6, 6.07) is 9.49. The zero-order valence-electron chi connectivity index (χ0n) is 20.0. The molecule has 0 bridgehead atoms. The zero-order valence-corrected chi connectivity index (χ0v) is 20.8. The molecule has 1 unspecified atom stereocenters. The summed E-state index contributed by atoms with van der Waals surface area (Å²) < 4.78 is 5.23. The molecule has 1 aromatic heterocycles. The largest absolute Gasteiger partial charge is 0.459 e. The van der Waals surface area contributed by atoms with Crippen molar-refractivity contribution in [3.05, 3.63) is 51.7 Å². The van der Waals surface area contributed by atoms with E-state index in [-0.39, 0.29) is 23.8 Å². The molecule has 1 N–H and O–H groups in total. The predicted molar refractivity (Wildman–Crippen MR) is 133 cm³/mol. The second kappa shape index (κ2) is 11.9. The lowest BCUT2D eigenvalue weighted by Gasteiger charge is -2.22. The second-order valence-corrected chi connectivity index (χ2v) is 9.89. The van der Waals surface area contributed by atoms with E-state index in [0.717, 1.165) is 24.1 Å². The number of unbranched alkanes of at least 4 members (excludes halogenated alkanes) is 2. The van der Waals surface area contributed by atoms with Crippen molar-refractivity contribution in [1.29, 1.82) is 0 Å². The highest BCUT2D eigenvalue weighted by Crippen LogP contribution is 2.26. The SMILES string of the molecule is CCCCCC(=O)c1ccc(N2C(=O)NC(=O)C2CCCc2ccc(C(=O)OC(C)C)s2)cc1. The van der Waals surface area contributed by atoms with E-state index in [4.69, 9.17) is 4.74 Å². The Hall–Kier alpha value is -3.00. The highest BCUT2D eigenvalue weighted by atomic mass is 32.1. The van der Waals surface area contributed by atoms with Crippen LogP contribution in [-0.2, 0) is 16.0 Å². The second-order valence-electron chi connectivity index (χ2n) is 8.72. The number of nitrogens with zero attached hydrogens (tertiary/aromatic N) is 1. The summed E-state index contributed by atoms with van der Waals surface area (Å²) in [7, 11) is 0. The lowest BCUT2D eigenvalue weighted by Crippen LogP contribution is -2.35. The number of rotatable bonds is 12. The maximum Gasteiger partial charge on any atom is 0.348 e. The van der Waals surface area contributed by atoms with Gasteiger partial charge in [0.25, 0.3) is 5.91 Å². The number of anilines is 1. The topological polar surface area (TPSA) is 92.8 Å². The summed E-state index contributed by atoms with van der Waals surface area (Å²) in [6.45, 7) is 5.72. The van der Waals surface area contributed by atoms with Gasteiger partial charge in [-0.05, 0) is 75.9 Å². The lowest BCUT2D eigenvalue weighted by atomic mass is 10.0. The van der Waals surface area contributed by atoms with Crippen molar-refractivity contribution >= 4 is 40.7 Å². The number of amides is 3. The third-order valence-corrected chi connectivity index (χ3v) is 6.77. The molecular weight excluding hydrogens is 452 g/mol. The first-order valence-electron chi connectivity index (χ1n) is 11.9. The average molecular weight is 485 g/mol. The lowest BCUT2D eigenvalue weighted by molar-refractivity contribution is -0.120. The average Bonchev–Trinajstić information content (AvgIpc) is 3.38. The van der Waals surface area contributed by atoms with Crippen molar-refractivity contribution in [3.8, 4) is 0 Å². The number of thiophene rings is 1. The van der Waals surface area contributed by atoms with Crippen molar-refractivity contribution in [2.45, 2.75) is 77.9 Å². The minimum Gasteiger partial charge on any atom is -0.459 e. The van der Waals surface area contributed by atoms with E-state index >= 15 is 0 Å². The van der Waals surface area contributed by atoms with Crippen LogP contribution in [0.2, 0.25) is 0 Å². The van der Waals surface area contributed by atoms with Gasteiger partial charge in [-0.15, -0.1) is 11.3 Å². The van der Waals surface area contributed by atoms with Gasteiger partial charge in [-0.2, -0.15) is 0 Å².